The number of imidazole rings is 1. The monoisotopic (exact) mass is 286 g/mol. The van der Waals surface area contributed by atoms with Crippen molar-refractivity contribution in [2.45, 2.75) is 37.8 Å². The topological polar surface area (TPSA) is 41.4 Å². The molecule has 2 aliphatic heterocycles. The maximum Gasteiger partial charge on any atom is 0.233 e. The van der Waals surface area contributed by atoms with Crippen LogP contribution in [0.3, 0.4) is 0 Å². The number of carbonyl (C=O) groups is 1. The van der Waals surface area contributed by atoms with Gasteiger partial charge in [0.05, 0.1) is 23.6 Å². The Morgan fingerprint density at radius 2 is 2.05 bits per heavy atom. The van der Waals surface area contributed by atoms with Crippen LogP contribution in [0.25, 0.3) is 0 Å². The van der Waals surface area contributed by atoms with Gasteiger partial charge in [-0.15, -0.1) is 0 Å². The van der Waals surface area contributed by atoms with Crippen LogP contribution in [-0.4, -0.2) is 50.9 Å². The standard InChI is InChI=1S/C16H22N4O/c1-18-11-17-14-10-20(12-5-4-6-12)9-13(15(14)18)16(21)19-7-2-3-8-19/h2-3,11-13H,4-10H2,1H3/t13-/m1/s1. The lowest BCUT2D eigenvalue weighted by atomic mass is 9.87. The Hall–Kier alpha value is -1.62. The van der Waals surface area contributed by atoms with Gasteiger partial charge in [0.25, 0.3) is 0 Å². The molecule has 0 bridgehead atoms. The maximum absolute atomic E-state index is 12.9. The van der Waals surface area contributed by atoms with Crippen LogP contribution in [0.15, 0.2) is 18.5 Å². The van der Waals surface area contributed by atoms with Gasteiger partial charge in [-0.05, 0) is 12.8 Å². The van der Waals surface area contributed by atoms with Gasteiger partial charge in [-0.1, -0.05) is 18.6 Å². The average molecular weight is 286 g/mol. The fourth-order valence-corrected chi connectivity index (χ4v) is 3.74. The van der Waals surface area contributed by atoms with Gasteiger partial charge in [0.15, 0.2) is 0 Å². The molecule has 0 N–H and O–H groups in total. The Kier molecular flexibility index (Phi) is 3.10. The van der Waals surface area contributed by atoms with Crippen LogP contribution in [0.1, 0.15) is 36.6 Å². The van der Waals surface area contributed by atoms with Gasteiger partial charge < -0.3 is 9.47 Å². The number of amides is 1. The van der Waals surface area contributed by atoms with Crippen LogP contribution in [0, 0.1) is 0 Å². The lowest BCUT2D eigenvalue weighted by molar-refractivity contribution is -0.132. The van der Waals surface area contributed by atoms with Crippen molar-refractivity contribution in [2.24, 2.45) is 7.05 Å². The molecule has 5 nitrogen and oxygen atoms in total. The fourth-order valence-electron chi connectivity index (χ4n) is 3.74. The molecule has 1 aromatic heterocycles. The minimum atomic E-state index is -0.0539. The SMILES string of the molecule is Cn1cnc2c1[C@H](C(=O)N1CC=CC1)CN(C1CCC1)C2. The molecule has 1 saturated carbocycles. The third-order valence-corrected chi connectivity index (χ3v) is 5.18. The van der Waals surface area contributed by atoms with E-state index in [0.717, 1.165) is 37.6 Å². The minimum Gasteiger partial charge on any atom is -0.337 e. The van der Waals surface area contributed by atoms with Gasteiger partial charge in [0.1, 0.15) is 0 Å². The lowest BCUT2D eigenvalue weighted by Crippen LogP contribution is -2.48. The highest BCUT2D eigenvalue weighted by Gasteiger charge is 2.39. The van der Waals surface area contributed by atoms with Crippen LogP contribution in [0.4, 0.5) is 0 Å². The van der Waals surface area contributed by atoms with E-state index in [9.17, 15) is 4.79 Å². The summed E-state index contributed by atoms with van der Waals surface area (Å²) in [5.41, 5.74) is 2.23. The Bertz CT molecular complexity index is 579. The summed E-state index contributed by atoms with van der Waals surface area (Å²) >= 11 is 0. The molecule has 1 atom stereocenters. The van der Waals surface area contributed by atoms with E-state index in [0.29, 0.717) is 6.04 Å². The molecule has 0 aromatic carbocycles. The van der Waals surface area contributed by atoms with Gasteiger partial charge in [-0.2, -0.15) is 0 Å². The van der Waals surface area contributed by atoms with Crippen LogP contribution >= 0.6 is 0 Å². The summed E-state index contributed by atoms with van der Waals surface area (Å²) in [6.07, 6.45) is 9.88. The number of nitrogens with zero attached hydrogens (tertiary/aromatic N) is 4. The molecule has 1 aliphatic carbocycles. The summed E-state index contributed by atoms with van der Waals surface area (Å²) in [5, 5.41) is 0. The number of hydrogen-bond donors (Lipinski definition) is 0. The summed E-state index contributed by atoms with van der Waals surface area (Å²) in [4.78, 5) is 21.9. The molecular weight excluding hydrogens is 264 g/mol. The normalized spacial score (nSPS) is 26.0. The summed E-state index contributed by atoms with van der Waals surface area (Å²) < 4.78 is 2.04. The predicted molar refractivity (Wildman–Crippen MR) is 79.7 cm³/mol. The van der Waals surface area contributed by atoms with Crippen LogP contribution in [0.5, 0.6) is 0 Å². The predicted octanol–water partition coefficient (Wildman–Crippen LogP) is 1.27. The molecule has 0 spiro atoms. The van der Waals surface area contributed by atoms with Crippen molar-refractivity contribution in [3.05, 3.63) is 29.9 Å². The van der Waals surface area contributed by atoms with Crippen molar-refractivity contribution < 1.29 is 4.79 Å². The Morgan fingerprint density at radius 1 is 1.29 bits per heavy atom. The van der Waals surface area contributed by atoms with Gasteiger partial charge in [0, 0.05) is 39.3 Å². The van der Waals surface area contributed by atoms with Crippen molar-refractivity contribution in [1.29, 1.82) is 0 Å². The van der Waals surface area contributed by atoms with E-state index in [-0.39, 0.29) is 11.8 Å². The molecule has 0 saturated heterocycles. The second-order valence-corrected chi connectivity index (χ2v) is 6.47. The molecule has 1 aromatic rings. The molecule has 3 aliphatic rings. The van der Waals surface area contributed by atoms with E-state index >= 15 is 0 Å². The average Bonchev–Trinajstić information content (AvgIpc) is 3.06. The first-order valence-corrected chi connectivity index (χ1v) is 7.92. The van der Waals surface area contributed by atoms with Gasteiger partial charge in [-0.3, -0.25) is 9.69 Å². The Balaban J connectivity index is 1.63. The summed E-state index contributed by atoms with van der Waals surface area (Å²) in [6, 6.07) is 0.659. The fraction of sp³-hybridized carbons (Fsp3) is 0.625. The highest BCUT2D eigenvalue weighted by Crippen LogP contribution is 2.35. The van der Waals surface area contributed by atoms with E-state index in [1.807, 2.05) is 22.8 Å². The second kappa shape index (κ2) is 4.98. The third kappa shape index (κ3) is 2.11. The summed E-state index contributed by atoms with van der Waals surface area (Å²) in [5.74, 6) is 0.204. The molecule has 1 fully saturated rings. The van der Waals surface area contributed by atoms with E-state index in [1.54, 1.807) is 0 Å². The van der Waals surface area contributed by atoms with Crippen molar-refractivity contribution >= 4 is 5.91 Å². The van der Waals surface area contributed by atoms with E-state index in [2.05, 4.69) is 22.0 Å². The van der Waals surface area contributed by atoms with E-state index in [4.69, 9.17) is 0 Å². The maximum atomic E-state index is 12.9. The zero-order valence-electron chi connectivity index (χ0n) is 12.5. The summed E-state index contributed by atoms with van der Waals surface area (Å²) in [6.45, 7) is 3.27. The molecule has 5 heteroatoms. The number of hydrogen-bond acceptors (Lipinski definition) is 3. The van der Waals surface area contributed by atoms with Crippen LogP contribution in [-0.2, 0) is 18.4 Å². The molecule has 0 unspecified atom stereocenters. The van der Waals surface area contributed by atoms with Crippen molar-refractivity contribution in [3.8, 4) is 0 Å². The molecule has 1 amide bonds. The largest absolute Gasteiger partial charge is 0.337 e. The van der Waals surface area contributed by atoms with Crippen molar-refractivity contribution in [2.75, 3.05) is 19.6 Å². The van der Waals surface area contributed by atoms with Gasteiger partial charge >= 0.3 is 0 Å². The lowest BCUT2D eigenvalue weighted by Gasteiger charge is -2.42. The number of carbonyl (C=O) groups excluding carboxylic acids is 1. The zero-order chi connectivity index (χ0) is 14.4. The summed E-state index contributed by atoms with van der Waals surface area (Å²) in [7, 11) is 2.01. The van der Waals surface area contributed by atoms with E-state index < -0.39 is 0 Å². The Morgan fingerprint density at radius 3 is 2.71 bits per heavy atom. The first kappa shape index (κ1) is 13.1. The van der Waals surface area contributed by atoms with Crippen molar-refractivity contribution in [3.63, 3.8) is 0 Å². The number of rotatable bonds is 2. The number of aromatic nitrogens is 2. The van der Waals surface area contributed by atoms with E-state index in [1.165, 1.54) is 19.3 Å². The molecule has 0 radical (unpaired) electrons. The number of fused-ring (bicyclic) bond motifs is 1. The van der Waals surface area contributed by atoms with Crippen molar-refractivity contribution in [1.82, 2.24) is 19.4 Å². The Labute approximate surface area is 125 Å². The minimum absolute atomic E-state index is 0.0539. The first-order chi connectivity index (χ1) is 10.2. The van der Waals surface area contributed by atoms with Crippen LogP contribution < -0.4 is 0 Å². The van der Waals surface area contributed by atoms with Gasteiger partial charge in [0.2, 0.25) is 5.91 Å². The first-order valence-electron chi connectivity index (χ1n) is 7.92. The molecule has 21 heavy (non-hydrogen) atoms. The number of aryl methyl sites for hydroxylation is 1. The van der Waals surface area contributed by atoms with Crippen LogP contribution in [0.2, 0.25) is 0 Å². The third-order valence-electron chi connectivity index (χ3n) is 5.18. The highest BCUT2D eigenvalue weighted by molar-refractivity contribution is 5.84. The second-order valence-electron chi connectivity index (χ2n) is 6.47. The highest BCUT2D eigenvalue weighted by atomic mass is 16.2. The molecule has 4 rings (SSSR count). The zero-order valence-corrected chi connectivity index (χ0v) is 12.5. The molecule has 3 heterocycles. The molecular formula is C16H22N4O. The smallest absolute Gasteiger partial charge is 0.233 e. The van der Waals surface area contributed by atoms with Gasteiger partial charge in [-0.25, -0.2) is 4.98 Å². The molecule has 112 valence electrons. The quantitative estimate of drug-likeness (QED) is 0.769.